The Kier molecular flexibility index (Phi) is 3.45. The molecule has 0 saturated heterocycles. The van der Waals surface area contributed by atoms with Crippen molar-refractivity contribution < 1.29 is 23.7 Å². The molecular formula is C18H17NO5. The molecule has 0 fully saturated rings. The minimum absolute atomic E-state index is 0.0412. The number of amides is 1. The van der Waals surface area contributed by atoms with E-state index in [1.165, 1.54) is 0 Å². The summed E-state index contributed by atoms with van der Waals surface area (Å²) in [6, 6.07) is 9.41. The van der Waals surface area contributed by atoms with Crippen molar-refractivity contribution in [2.24, 2.45) is 0 Å². The number of fused-ring (bicyclic) bond motifs is 2. The number of anilines is 1. The Labute approximate surface area is 139 Å². The van der Waals surface area contributed by atoms with Gasteiger partial charge in [-0.1, -0.05) is 6.07 Å². The zero-order valence-corrected chi connectivity index (χ0v) is 13.4. The zero-order valence-electron chi connectivity index (χ0n) is 13.4. The summed E-state index contributed by atoms with van der Waals surface area (Å²) in [5.41, 5.74) is 2.64. The number of rotatable bonds is 3. The van der Waals surface area contributed by atoms with Crippen LogP contribution < -0.4 is 24.3 Å². The molecule has 0 radical (unpaired) electrons. The van der Waals surface area contributed by atoms with E-state index in [1.54, 1.807) is 14.2 Å². The number of ether oxygens (including phenoxy) is 4. The molecule has 0 aromatic heterocycles. The highest BCUT2D eigenvalue weighted by Crippen LogP contribution is 2.46. The average molecular weight is 327 g/mol. The van der Waals surface area contributed by atoms with Crippen LogP contribution in [-0.2, 0) is 4.79 Å². The van der Waals surface area contributed by atoms with Crippen LogP contribution in [0.15, 0.2) is 30.3 Å². The van der Waals surface area contributed by atoms with E-state index < -0.39 is 0 Å². The van der Waals surface area contributed by atoms with E-state index >= 15 is 0 Å². The molecule has 0 spiro atoms. The van der Waals surface area contributed by atoms with E-state index in [-0.39, 0.29) is 18.6 Å². The van der Waals surface area contributed by atoms with Crippen LogP contribution in [0.4, 0.5) is 5.69 Å². The number of hydrogen-bond donors (Lipinski definition) is 1. The third-order valence-electron chi connectivity index (χ3n) is 4.38. The number of methoxy groups -OCH3 is 2. The maximum Gasteiger partial charge on any atom is 0.231 e. The molecule has 1 atom stereocenters. The van der Waals surface area contributed by atoms with Gasteiger partial charge in [0.05, 0.1) is 19.9 Å². The summed E-state index contributed by atoms with van der Waals surface area (Å²) in [4.78, 5) is 12.2. The minimum atomic E-state index is -0.121. The first-order chi connectivity index (χ1) is 11.7. The Bertz CT molecular complexity index is 817. The van der Waals surface area contributed by atoms with Gasteiger partial charge in [-0.05, 0) is 17.7 Å². The first-order valence-electron chi connectivity index (χ1n) is 7.65. The molecule has 2 aromatic rings. The average Bonchev–Trinajstić information content (AvgIpc) is 3.07. The Morgan fingerprint density at radius 1 is 1.08 bits per heavy atom. The van der Waals surface area contributed by atoms with Crippen molar-refractivity contribution in [3.63, 3.8) is 0 Å². The lowest BCUT2D eigenvalue weighted by Gasteiger charge is -2.28. The highest BCUT2D eigenvalue weighted by atomic mass is 16.7. The molecule has 0 aliphatic carbocycles. The largest absolute Gasteiger partial charge is 0.497 e. The molecular weight excluding hydrogens is 310 g/mol. The summed E-state index contributed by atoms with van der Waals surface area (Å²) in [7, 11) is 3.20. The van der Waals surface area contributed by atoms with Crippen LogP contribution >= 0.6 is 0 Å². The van der Waals surface area contributed by atoms with E-state index in [1.807, 2.05) is 30.3 Å². The molecule has 0 saturated carbocycles. The smallest absolute Gasteiger partial charge is 0.231 e. The van der Waals surface area contributed by atoms with E-state index in [0.29, 0.717) is 29.4 Å². The van der Waals surface area contributed by atoms with Crippen molar-refractivity contribution >= 4 is 11.6 Å². The van der Waals surface area contributed by atoms with Crippen molar-refractivity contribution in [3.05, 3.63) is 41.5 Å². The minimum Gasteiger partial charge on any atom is -0.497 e. The molecule has 124 valence electrons. The standard InChI is InChI=1S/C18H17NO5/c1-21-11-6-13-18(16(7-11)22-2)12(8-17(20)19-13)10-3-4-14-15(5-10)24-9-23-14/h3-7,12H,8-9H2,1-2H3,(H,19,20). The number of nitrogens with one attached hydrogen (secondary N) is 1. The molecule has 1 N–H and O–H groups in total. The molecule has 2 heterocycles. The highest BCUT2D eigenvalue weighted by molar-refractivity contribution is 5.96. The van der Waals surface area contributed by atoms with E-state index in [4.69, 9.17) is 18.9 Å². The SMILES string of the molecule is COc1cc2c(c(OC)c1)C(c1ccc3c(c1)OCO3)CC(=O)N2. The second-order valence-electron chi connectivity index (χ2n) is 5.71. The maximum absolute atomic E-state index is 12.2. The van der Waals surface area contributed by atoms with E-state index in [2.05, 4.69) is 5.32 Å². The van der Waals surface area contributed by atoms with Crippen LogP contribution in [0.5, 0.6) is 23.0 Å². The normalized spacial score (nSPS) is 17.9. The van der Waals surface area contributed by atoms with Crippen molar-refractivity contribution in [1.82, 2.24) is 0 Å². The lowest BCUT2D eigenvalue weighted by molar-refractivity contribution is -0.116. The second kappa shape index (κ2) is 5.63. The fraction of sp³-hybridized carbons (Fsp3) is 0.278. The van der Waals surface area contributed by atoms with Gasteiger partial charge in [-0.15, -0.1) is 0 Å². The van der Waals surface area contributed by atoms with Gasteiger partial charge in [0.15, 0.2) is 11.5 Å². The molecule has 6 heteroatoms. The van der Waals surface area contributed by atoms with Gasteiger partial charge in [0, 0.05) is 30.0 Å². The third kappa shape index (κ3) is 2.31. The monoisotopic (exact) mass is 327 g/mol. The summed E-state index contributed by atoms with van der Waals surface area (Å²) < 4.78 is 21.7. The zero-order chi connectivity index (χ0) is 16.7. The lowest BCUT2D eigenvalue weighted by atomic mass is 9.84. The quantitative estimate of drug-likeness (QED) is 0.939. The van der Waals surface area contributed by atoms with Gasteiger partial charge in [0.2, 0.25) is 12.7 Å². The van der Waals surface area contributed by atoms with Crippen molar-refractivity contribution in [1.29, 1.82) is 0 Å². The Morgan fingerprint density at radius 2 is 1.92 bits per heavy atom. The van der Waals surface area contributed by atoms with Gasteiger partial charge >= 0.3 is 0 Å². The maximum atomic E-state index is 12.2. The van der Waals surface area contributed by atoms with E-state index in [9.17, 15) is 4.79 Å². The molecule has 2 aliphatic heterocycles. The van der Waals surface area contributed by atoms with Gasteiger partial charge in [-0.3, -0.25) is 4.79 Å². The summed E-state index contributed by atoms with van der Waals surface area (Å²) in [5.74, 6) is 2.59. The number of carbonyl (C=O) groups excluding carboxylic acids is 1. The van der Waals surface area contributed by atoms with Crippen LogP contribution in [0.2, 0.25) is 0 Å². The first-order valence-corrected chi connectivity index (χ1v) is 7.65. The predicted octanol–water partition coefficient (Wildman–Crippen LogP) is 2.91. The lowest BCUT2D eigenvalue weighted by Crippen LogP contribution is -2.24. The van der Waals surface area contributed by atoms with Gasteiger partial charge in [0.25, 0.3) is 0 Å². The third-order valence-corrected chi connectivity index (χ3v) is 4.38. The summed E-state index contributed by atoms with van der Waals surface area (Å²) >= 11 is 0. The highest BCUT2D eigenvalue weighted by Gasteiger charge is 2.31. The molecule has 2 aliphatic rings. The summed E-state index contributed by atoms with van der Waals surface area (Å²) in [5, 5.41) is 2.91. The van der Waals surface area contributed by atoms with Gasteiger partial charge in [-0.2, -0.15) is 0 Å². The summed E-state index contributed by atoms with van der Waals surface area (Å²) in [6.07, 6.45) is 0.343. The Balaban J connectivity index is 1.85. The van der Waals surface area contributed by atoms with Crippen molar-refractivity contribution in [2.45, 2.75) is 12.3 Å². The van der Waals surface area contributed by atoms with Crippen LogP contribution in [0, 0.1) is 0 Å². The molecule has 0 bridgehead atoms. The van der Waals surface area contributed by atoms with Crippen LogP contribution in [0.25, 0.3) is 0 Å². The Hall–Kier alpha value is -2.89. The van der Waals surface area contributed by atoms with Crippen molar-refractivity contribution in [3.8, 4) is 23.0 Å². The first kappa shape index (κ1) is 14.7. The molecule has 6 nitrogen and oxygen atoms in total. The summed E-state index contributed by atoms with van der Waals surface area (Å²) in [6.45, 7) is 0.223. The number of benzene rings is 2. The topological polar surface area (TPSA) is 66.0 Å². The van der Waals surface area contributed by atoms with E-state index in [0.717, 1.165) is 16.9 Å². The molecule has 24 heavy (non-hydrogen) atoms. The number of hydrogen-bond acceptors (Lipinski definition) is 5. The van der Waals surface area contributed by atoms with Crippen LogP contribution in [0.3, 0.4) is 0 Å². The Morgan fingerprint density at radius 3 is 2.71 bits per heavy atom. The van der Waals surface area contributed by atoms with Crippen LogP contribution in [0.1, 0.15) is 23.5 Å². The molecule has 4 rings (SSSR count). The fourth-order valence-electron chi connectivity index (χ4n) is 3.25. The van der Waals surface area contributed by atoms with Gasteiger partial charge in [-0.25, -0.2) is 0 Å². The van der Waals surface area contributed by atoms with Gasteiger partial charge < -0.3 is 24.3 Å². The fourth-order valence-corrected chi connectivity index (χ4v) is 3.25. The predicted molar refractivity (Wildman–Crippen MR) is 87.2 cm³/mol. The van der Waals surface area contributed by atoms with Crippen molar-refractivity contribution in [2.75, 3.05) is 26.3 Å². The molecule has 1 amide bonds. The second-order valence-corrected chi connectivity index (χ2v) is 5.71. The molecule has 2 aromatic carbocycles. The van der Waals surface area contributed by atoms with Crippen LogP contribution in [-0.4, -0.2) is 26.9 Å². The molecule has 1 unspecified atom stereocenters. The number of carbonyl (C=O) groups is 1. The van der Waals surface area contributed by atoms with Gasteiger partial charge in [0.1, 0.15) is 11.5 Å².